The van der Waals surface area contributed by atoms with E-state index in [1.54, 1.807) is 12.4 Å². The van der Waals surface area contributed by atoms with E-state index in [2.05, 4.69) is 44.9 Å². The molecule has 0 aliphatic carbocycles. The Morgan fingerprint density at radius 3 is 2.08 bits per heavy atom. The average molecular weight is 392 g/mol. The molecule has 1 aromatic rings. The van der Waals surface area contributed by atoms with Crippen molar-refractivity contribution in [2.24, 2.45) is 5.92 Å². The van der Waals surface area contributed by atoms with Crippen molar-refractivity contribution in [3.63, 3.8) is 0 Å². The molecule has 0 fully saturated rings. The van der Waals surface area contributed by atoms with Gasteiger partial charge in [0.05, 0.1) is 0 Å². The molecular formula is C18H33Cl2N2OSi-. The molecule has 0 aliphatic heterocycles. The molecule has 1 aromatic heterocycles. The third-order valence-electron chi connectivity index (χ3n) is 5.13. The number of halogens is 2. The van der Waals surface area contributed by atoms with Gasteiger partial charge < -0.3 is 0 Å². The molecule has 0 bridgehead atoms. The van der Waals surface area contributed by atoms with Crippen LogP contribution in [0.2, 0.25) is 28.2 Å². The molecule has 0 amide bonds. The summed E-state index contributed by atoms with van der Waals surface area (Å²) in [6, 6.07) is 3.38. The maximum absolute atomic E-state index is 6.75. The normalized spacial score (nSPS) is 14.2. The van der Waals surface area contributed by atoms with Gasteiger partial charge in [-0.1, -0.05) is 0 Å². The van der Waals surface area contributed by atoms with E-state index in [9.17, 15) is 0 Å². The van der Waals surface area contributed by atoms with Crippen LogP contribution in [0.15, 0.2) is 12.4 Å². The first-order chi connectivity index (χ1) is 11.4. The second-order valence-corrected chi connectivity index (χ2v) is 13.4. The van der Waals surface area contributed by atoms with Crippen molar-refractivity contribution in [3.05, 3.63) is 28.0 Å². The molecule has 6 heteroatoms. The van der Waals surface area contributed by atoms with E-state index in [-0.39, 0.29) is 6.10 Å². The number of nitrogens with one attached hydrogen (secondary N) is 1. The summed E-state index contributed by atoms with van der Waals surface area (Å²) in [5.74, 6) is 0.683. The van der Waals surface area contributed by atoms with Gasteiger partial charge >= 0.3 is 159 Å². The molecule has 1 unspecified atom stereocenters. The number of nitrogens with zero attached hydrogens (tertiary/aromatic N) is 1. The summed E-state index contributed by atoms with van der Waals surface area (Å²) in [6.45, 7) is 12.9. The first-order valence-corrected chi connectivity index (χ1v) is 12.9. The topological polar surface area (TPSA) is 34.1 Å². The number of pyridine rings is 1. The number of rotatable bonds is 11. The van der Waals surface area contributed by atoms with Gasteiger partial charge in [-0.25, -0.2) is 0 Å². The molecule has 0 aliphatic rings. The maximum atomic E-state index is 6.75. The minimum atomic E-state index is -2.09. The fourth-order valence-corrected chi connectivity index (χ4v) is 6.92. The summed E-state index contributed by atoms with van der Waals surface area (Å²) < 4.78 is 6.75. The molecule has 0 saturated carbocycles. The Hall–Kier alpha value is -0.133. The summed E-state index contributed by atoms with van der Waals surface area (Å²) in [5, 5.41) is 4.71. The van der Waals surface area contributed by atoms with Crippen LogP contribution in [0.5, 0.6) is 0 Å². The molecule has 140 valence electrons. The monoisotopic (exact) mass is 391 g/mol. The SMILES string of the molecule is CC[SiH-](CC)(CC)OC(CNCCC(C)C)c1c(Cl)cncc1Cl. The second kappa shape index (κ2) is 10.8. The zero-order valence-corrected chi connectivity index (χ0v) is 18.4. The van der Waals surface area contributed by atoms with Crippen molar-refractivity contribution in [2.75, 3.05) is 13.1 Å². The van der Waals surface area contributed by atoms with Crippen LogP contribution < -0.4 is 5.32 Å². The quantitative estimate of drug-likeness (QED) is 0.381. The van der Waals surface area contributed by atoms with Crippen molar-refractivity contribution >= 4 is 31.5 Å². The summed E-state index contributed by atoms with van der Waals surface area (Å²) in [4.78, 5) is 4.08. The number of hydrogen-bond donors (Lipinski definition) is 1. The Labute approximate surface area is 158 Å². The zero-order chi connectivity index (χ0) is 18.2. The number of hydrogen-bond acceptors (Lipinski definition) is 3. The fourth-order valence-electron chi connectivity index (χ4n) is 3.07. The predicted octanol–water partition coefficient (Wildman–Crippen LogP) is 5.82. The molecule has 0 radical (unpaired) electrons. The Morgan fingerprint density at radius 2 is 1.62 bits per heavy atom. The Kier molecular flexibility index (Phi) is 9.83. The Balaban J connectivity index is 2.99. The average Bonchev–Trinajstić information content (AvgIpc) is 2.55. The van der Waals surface area contributed by atoms with Crippen LogP contribution in [0.1, 0.15) is 52.7 Å². The molecule has 0 aromatic carbocycles. The molecule has 0 spiro atoms. The van der Waals surface area contributed by atoms with Gasteiger partial charge in [-0.15, -0.1) is 0 Å². The van der Waals surface area contributed by atoms with Gasteiger partial charge in [-0.05, 0) is 0 Å². The van der Waals surface area contributed by atoms with E-state index in [4.69, 9.17) is 27.6 Å². The van der Waals surface area contributed by atoms with E-state index in [0.717, 1.165) is 43.2 Å². The van der Waals surface area contributed by atoms with Crippen LogP contribution in [-0.2, 0) is 4.43 Å². The fraction of sp³-hybridized carbons (Fsp3) is 0.722. The first kappa shape index (κ1) is 21.9. The van der Waals surface area contributed by atoms with Gasteiger partial charge in [0, 0.05) is 0 Å². The van der Waals surface area contributed by atoms with E-state index >= 15 is 0 Å². The van der Waals surface area contributed by atoms with Crippen LogP contribution >= 0.6 is 23.2 Å². The standard InChI is InChI=1S/C18H33Cl2N2OSi/c1-6-24(7-2,8-3)23-17(13-21-10-9-14(4)5)18-15(19)11-22-12-16(18)20/h11-12,14,17,21,24H,6-10,13H2,1-5H3/q-1. The predicted molar refractivity (Wildman–Crippen MR) is 109 cm³/mol. The van der Waals surface area contributed by atoms with Crippen LogP contribution in [0.3, 0.4) is 0 Å². The summed E-state index contributed by atoms with van der Waals surface area (Å²) in [6.07, 6.45) is 4.35. The van der Waals surface area contributed by atoms with E-state index in [1.165, 1.54) is 0 Å². The molecule has 24 heavy (non-hydrogen) atoms. The summed E-state index contributed by atoms with van der Waals surface area (Å²) >= 11 is 12.8. The van der Waals surface area contributed by atoms with Crippen molar-refractivity contribution in [2.45, 2.75) is 65.3 Å². The molecule has 1 heterocycles. The van der Waals surface area contributed by atoms with Gasteiger partial charge in [0.1, 0.15) is 0 Å². The zero-order valence-electron chi connectivity index (χ0n) is 15.7. The van der Waals surface area contributed by atoms with Crippen molar-refractivity contribution in [1.29, 1.82) is 0 Å². The third-order valence-corrected chi connectivity index (χ3v) is 11.1. The van der Waals surface area contributed by atoms with Gasteiger partial charge in [-0.3, -0.25) is 0 Å². The molecule has 1 rings (SSSR count). The van der Waals surface area contributed by atoms with Gasteiger partial charge in [0.25, 0.3) is 0 Å². The van der Waals surface area contributed by atoms with Crippen molar-refractivity contribution in [1.82, 2.24) is 10.3 Å². The Bertz CT molecular complexity index is 467. The summed E-state index contributed by atoms with van der Waals surface area (Å²) in [5.41, 5.74) is 0.880. The van der Waals surface area contributed by atoms with Crippen molar-refractivity contribution < 1.29 is 4.43 Å². The first-order valence-electron chi connectivity index (χ1n) is 9.26. The van der Waals surface area contributed by atoms with Crippen molar-refractivity contribution in [3.8, 4) is 0 Å². The third kappa shape index (κ3) is 6.30. The molecule has 0 saturated heterocycles. The minimum absolute atomic E-state index is 0.106. The Morgan fingerprint density at radius 1 is 1.08 bits per heavy atom. The van der Waals surface area contributed by atoms with Gasteiger partial charge in [-0.2, -0.15) is 0 Å². The summed E-state index contributed by atoms with van der Waals surface area (Å²) in [7, 11) is -2.09. The van der Waals surface area contributed by atoms with E-state index in [1.807, 2.05) is 0 Å². The molecular weight excluding hydrogens is 359 g/mol. The van der Waals surface area contributed by atoms with E-state index < -0.39 is 8.32 Å². The van der Waals surface area contributed by atoms with Crippen LogP contribution in [-0.4, -0.2) is 26.4 Å². The second-order valence-electron chi connectivity index (χ2n) is 7.12. The van der Waals surface area contributed by atoms with Crippen LogP contribution in [0.25, 0.3) is 0 Å². The van der Waals surface area contributed by atoms with Crippen LogP contribution in [0, 0.1) is 5.92 Å². The molecule has 1 atom stereocenters. The molecule has 1 N–H and O–H groups in total. The van der Waals surface area contributed by atoms with E-state index in [0.29, 0.717) is 16.0 Å². The van der Waals surface area contributed by atoms with Crippen LogP contribution in [0.4, 0.5) is 0 Å². The van der Waals surface area contributed by atoms with Gasteiger partial charge in [0.2, 0.25) is 0 Å². The molecule has 3 nitrogen and oxygen atoms in total. The van der Waals surface area contributed by atoms with Gasteiger partial charge in [0.15, 0.2) is 0 Å². The number of aromatic nitrogens is 1.